The Labute approximate surface area is 168 Å². The van der Waals surface area contributed by atoms with Crippen LogP contribution in [0.5, 0.6) is 0 Å². The number of nitrogens with one attached hydrogen (secondary N) is 1. The first-order chi connectivity index (χ1) is 12.5. The minimum absolute atomic E-state index is 0.138. The number of likely N-dealkylation sites (tertiary alicyclic amines) is 2. The highest BCUT2D eigenvalue weighted by Gasteiger charge is 2.33. The van der Waals surface area contributed by atoms with Crippen molar-refractivity contribution in [2.75, 3.05) is 31.5 Å². The van der Waals surface area contributed by atoms with Gasteiger partial charge in [-0.05, 0) is 44.4 Å². The molecule has 5 nitrogen and oxygen atoms in total. The lowest BCUT2D eigenvalue weighted by Gasteiger charge is -2.36. The molecule has 3 rings (SSSR count). The van der Waals surface area contributed by atoms with Crippen molar-refractivity contribution < 1.29 is 9.59 Å². The predicted molar refractivity (Wildman–Crippen MR) is 105 cm³/mol. The summed E-state index contributed by atoms with van der Waals surface area (Å²) >= 11 is 18.2. The SMILES string of the molecule is O=C(CN1CCCCC1C(=O)N1CCCC1)Nc1c(Cl)cc(Cl)cc1Cl. The summed E-state index contributed by atoms with van der Waals surface area (Å²) in [7, 11) is 0. The Kier molecular flexibility index (Phi) is 6.67. The maximum absolute atomic E-state index is 12.8. The van der Waals surface area contributed by atoms with E-state index in [9.17, 15) is 9.59 Å². The van der Waals surface area contributed by atoms with Gasteiger partial charge in [0.2, 0.25) is 11.8 Å². The van der Waals surface area contributed by atoms with Crippen LogP contribution in [0.1, 0.15) is 32.1 Å². The van der Waals surface area contributed by atoms with Gasteiger partial charge in [0.1, 0.15) is 0 Å². The van der Waals surface area contributed by atoms with Crippen molar-refractivity contribution in [3.8, 4) is 0 Å². The highest BCUT2D eigenvalue weighted by Crippen LogP contribution is 2.33. The number of hydrogen-bond acceptors (Lipinski definition) is 3. The van der Waals surface area contributed by atoms with Gasteiger partial charge in [-0.15, -0.1) is 0 Å². The molecule has 1 aromatic rings. The first-order valence-electron chi connectivity index (χ1n) is 8.93. The van der Waals surface area contributed by atoms with Crippen LogP contribution < -0.4 is 5.32 Å². The van der Waals surface area contributed by atoms with E-state index in [2.05, 4.69) is 5.32 Å². The normalized spacial score (nSPS) is 21.0. The smallest absolute Gasteiger partial charge is 0.239 e. The standard InChI is InChI=1S/C18H22Cl3N3O2/c19-12-9-13(20)17(14(21)10-12)22-16(25)11-24-8-2-1-5-15(24)18(26)23-6-3-4-7-23/h9-10,15H,1-8,11H2,(H,22,25). The van der Waals surface area contributed by atoms with Gasteiger partial charge in [-0.2, -0.15) is 0 Å². The van der Waals surface area contributed by atoms with E-state index in [4.69, 9.17) is 34.8 Å². The number of carbonyl (C=O) groups is 2. The molecule has 1 aromatic carbocycles. The van der Waals surface area contributed by atoms with Crippen molar-refractivity contribution in [1.82, 2.24) is 9.80 Å². The number of nitrogens with zero attached hydrogens (tertiary/aromatic N) is 2. The van der Waals surface area contributed by atoms with Gasteiger partial charge < -0.3 is 10.2 Å². The van der Waals surface area contributed by atoms with Crippen LogP contribution in [0, 0.1) is 0 Å². The van der Waals surface area contributed by atoms with Crippen LogP contribution in [-0.4, -0.2) is 53.8 Å². The van der Waals surface area contributed by atoms with Crippen molar-refractivity contribution in [3.05, 3.63) is 27.2 Å². The summed E-state index contributed by atoms with van der Waals surface area (Å²) in [5, 5.41) is 3.74. The van der Waals surface area contributed by atoms with Gasteiger partial charge in [0.25, 0.3) is 0 Å². The number of carbonyl (C=O) groups excluding carboxylic acids is 2. The number of hydrogen-bond donors (Lipinski definition) is 1. The molecule has 2 saturated heterocycles. The molecule has 2 aliphatic rings. The number of rotatable bonds is 4. The molecule has 0 saturated carbocycles. The summed E-state index contributed by atoms with van der Waals surface area (Å²) in [5.74, 6) is -0.0881. The van der Waals surface area contributed by atoms with E-state index in [1.807, 2.05) is 9.80 Å². The Morgan fingerprint density at radius 2 is 1.62 bits per heavy atom. The molecule has 8 heteroatoms. The van der Waals surface area contributed by atoms with Crippen LogP contribution in [0.2, 0.25) is 15.1 Å². The Bertz CT molecular complexity index is 669. The highest BCUT2D eigenvalue weighted by molar-refractivity contribution is 6.42. The zero-order chi connectivity index (χ0) is 18.7. The van der Waals surface area contributed by atoms with E-state index in [1.165, 1.54) is 12.1 Å². The van der Waals surface area contributed by atoms with Gasteiger partial charge in [-0.3, -0.25) is 14.5 Å². The molecule has 0 bridgehead atoms. The van der Waals surface area contributed by atoms with Crippen molar-refractivity contribution in [3.63, 3.8) is 0 Å². The maximum atomic E-state index is 12.8. The van der Waals surface area contributed by atoms with Gasteiger partial charge in [-0.1, -0.05) is 41.2 Å². The van der Waals surface area contributed by atoms with Crippen LogP contribution in [-0.2, 0) is 9.59 Å². The summed E-state index contributed by atoms with van der Waals surface area (Å²) in [6, 6.07) is 2.85. The van der Waals surface area contributed by atoms with Gasteiger partial charge >= 0.3 is 0 Å². The summed E-state index contributed by atoms with van der Waals surface area (Å²) in [6.07, 6.45) is 4.92. The van der Waals surface area contributed by atoms with Gasteiger partial charge in [-0.25, -0.2) is 0 Å². The van der Waals surface area contributed by atoms with E-state index in [1.54, 1.807) is 0 Å². The molecular formula is C18H22Cl3N3O2. The fraction of sp³-hybridized carbons (Fsp3) is 0.556. The van der Waals surface area contributed by atoms with Gasteiger partial charge in [0.15, 0.2) is 0 Å². The largest absolute Gasteiger partial charge is 0.341 e. The number of amides is 2. The third-order valence-corrected chi connectivity index (χ3v) is 5.75. The maximum Gasteiger partial charge on any atom is 0.239 e. The van der Waals surface area contributed by atoms with Crippen molar-refractivity contribution in [1.29, 1.82) is 0 Å². The molecule has 0 aliphatic carbocycles. The third kappa shape index (κ3) is 4.63. The molecule has 0 spiro atoms. The topological polar surface area (TPSA) is 52.7 Å². The lowest BCUT2D eigenvalue weighted by molar-refractivity contribution is -0.137. The number of piperidine rings is 1. The average Bonchev–Trinajstić information content (AvgIpc) is 3.12. The van der Waals surface area contributed by atoms with E-state index in [0.29, 0.717) is 20.8 Å². The second-order valence-electron chi connectivity index (χ2n) is 6.81. The highest BCUT2D eigenvalue weighted by atomic mass is 35.5. The Morgan fingerprint density at radius 1 is 1.00 bits per heavy atom. The predicted octanol–water partition coefficient (Wildman–Crippen LogP) is 4.06. The molecule has 1 atom stereocenters. The number of anilines is 1. The zero-order valence-electron chi connectivity index (χ0n) is 14.4. The molecule has 1 N–H and O–H groups in total. The van der Waals surface area contributed by atoms with Crippen molar-refractivity contribution >= 4 is 52.3 Å². The Hall–Kier alpha value is -1.01. The third-order valence-electron chi connectivity index (χ3n) is 4.93. The molecule has 142 valence electrons. The fourth-order valence-electron chi connectivity index (χ4n) is 3.63. The molecule has 0 aromatic heterocycles. The second-order valence-corrected chi connectivity index (χ2v) is 8.06. The first-order valence-corrected chi connectivity index (χ1v) is 10.1. The van der Waals surface area contributed by atoms with Crippen LogP contribution >= 0.6 is 34.8 Å². The molecule has 26 heavy (non-hydrogen) atoms. The van der Waals surface area contributed by atoms with Gasteiger partial charge in [0.05, 0.1) is 28.3 Å². The number of benzene rings is 1. The monoisotopic (exact) mass is 417 g/mol. The molecular weight excluding hydrogens is 397 g/mol. The second kappa shape index (κ2) is 8.79. The minimum atomic E-state index is -0.239. The van der Waals surface area contributed by atoms with E-state index in [-0.39, 0.29) is 24.4 Å². The van der Waals surface area contributed by atoms with Gasteiger partial charge in [0, 0.05) is 18.1 Å². The zero-order valence-corrected chi connectivity index (χ0v) is 16.7. The summed E-state index contributed by atoms with van der Waals surface area (Å²) < 4.78 is 0. The molecule has 2 fully saturated rings. The molecule has 2 heterocycles. The summed E-state index contributed by atoms with van der Waals surface area (Å²) in [6.45, 7) is 2.52. The molecule has 2 aliphatic heterocycles. The molecule has 2 amide bonds. The van der Waals surface area contributed by atoms with Crippen LogP contribution in [0.15, 0.2) is 12.1 Å². The van der Waals surface area contributed by atoms with Crippen molar-refractivity contribution in [2.45, 2.75) is 38.1 Å². The Morgan fingerprint density at radius 3 is 2.27 bits per heavy atom. The minimum Gasteiger partial charge on any atom is -0.341 e. The Balaban J connectivity index is 1.66. The quantitative estimate of drug-likeness (QED) is 0.802. The van der Waals surface area contributed by atoms with Crippen molar-refractivity contribution in [2.24, 2.45) is 0 Å². The molecule has 0 radical (unpaired) electrons. The lowest BCUT2D eigenvalue weighted by atomic mass is 10.0. The lowest BCUT2D eigenvalue weighted by Crippen LogP contribution is -2.52. The van der Waals surface area contributed by atoms with E-state index in [0.717, 1.165) is 51.7 Å². The number of halogens is 3. The van der Waals surface area contributed by atoms with E-state index < -0.39 is 0 Å². The summed E-state index contributed by atoms with van der Waals surface area (Å²) in [5.41, 5.74) is 0.349. The van der Waals surface area contributed by atoms with Crippen LogP contribution in [0.25, 0.3) is 0 Å². The first kappa shape index (κ1) is 19.7. The molecule has 1 unspecified atom stereocenters. The van der Waals surface area contributed by atoms with E-state index >= 15 is 0 Å². The fourth-order valence-corrected chi connectivity index (χ4v) is 4.54. The summed E-state index contributed by atoms with van der Waals surface area (Å²) in [4.78, 5) is 29.2. The van der Waals surface area contributed by atoms with Crippen LogP contribution in [0.4, 0.5) is 5.69 Å². The van der Waals surface area contributed by atoms with Crippen LogP contribution in [0.3, 0.4) is 0 Å². The average molecular weight is 419 g/mol.